The maximum absolute atomic E-state index is 4.46. The van der Waals surface area contributed by atoms with Crippen molar-refractivity contribution in [3.8, 4) is 0 Å². The Morgan fingerprint density at radius 2 is 2.47 bits per heavy atom. The summed E-state index contributed by atoms with van der Waals surface area (Å²) in [6, 6.07) is 3.17. The number of aromatic nitrogens is 1. The van der Waals surface area contributed by atoms with Crippen molar-refractivity contribution in [3.05, 3.63) is 36.9 Å². The summed E-state index contributed by atoms with van der Waals surface area (Å²) in [5.41, 5.74) is 1.50. The molecule has 0 aromatic carbocycles. The molecule has 0 radical (unpaired) electrons. The van der Waals surface area contributed by atoms with Gasteiger partial charge in [-0.15, -0.1) is 22.7 Å². The molecule has 5 heteroatoms. The molecule has 1 aliphatic carbocycles. The highest BCUT2D eigenvalue weighted by Gasteiger charge is 2.25. The first-order valence-corrected chi connectivity index (χ1v) is 9.20. The van der Waals surface area contributed by atoms with Crippen molar-refractivity contribution in [2.24, 2.45) is 0 Å². The van der Waals surface area contributed by atoms with E-state index < -0.39 is 0 Å². The molecule has 1 aliphatic rings. The lowest BCUT2D eigenvalue weighted by atomic mass is 9.93. The van der Waals surface area contributed by atoms with E-state index in [1.807, 2.05) is 17.5 Å². The molecule has 0 saturated carbocycles. The molecular formula is C14H17BrN2S2. The standard InChI is InChI=1S/C14H17BrN2S2/c1-2-10(14-16-6-7-18-14)17-11-4-3-5-12-9(11)8-13(15)19-12/h6-8,10-11,17H,2-5H2,1H3. The first kappa shape index (κ1) is 13.7. The van der Waals surface area contributed by atoms with E-state index >= 15 is 0 Å². The Labute approximate surface area is 130 Å². The Morgan fingerprint density at radius 1 is 1.58 bits per heavy atom. The van der Waals surface area contributed by atoms with Gasteiger partial charge in [0, 0.05) is 22.5 Å². The first-order chi connectivity index (χ1) is 9.28. The molecule has 0 aliphatic heterocycles. The molecule has 102 valence electrons. The maximum Gasteiger partial charge on any atom is 0.109 e. The molecule has 2 aromatic heterocycles. The highest BCUT2D eigenvalue weighted by molar-refractivity contribution is 9.11. The number of hydrogen-bond donors (Lipinski definition) is 1. The van der Waals surface area contributed by atoms with Crippen molar-refractivity contribution in [2.45, 2.75) is 44.7 Å². The highest BCUT2D eigenvalue weighted by Crippen LogP contribution is 2.39. The van der Waals surface area contributed by atoms with Crippen molar-refractivity contribution in [3.63, 3.8) is 0 Å². The Bertz CT molecular complexity index is 536. The number of nitrogens with zero attached hydrogens (tertiary/aromatic N) is 1. The van der Waals surface area contributed by atoms with E-state index in [9.17, 15) is 0 Å². The van der Waals surface area contributed by atoms with Gasteiger partial charge in [0.25, 0.3) is 0 Å². The number of thiazole rings is 1. The van der Waals surface area contributed by atoms with Crippen LogP contribution in [-0.2, 0) is 6.42 Å². The van der Waals surface area contributed by atoms with E-state index in [2.05, 4.69) is 44.6 Å². The number of rotatable bonds is 4. The minimum absolute atomic E-state index is 0.384. The lowest BCUT2D eigenvalue weighted by Gasteiger charge is -2.27. The third-order valence-corrected chi connectivity index (χ3v) is 6.25. The van der Waals surface area contributed by atoms with Crippen LogP contribution in [-0.4, -0.2) is 4.98 Å². The second-order valence-electron chi connectivity index (χ2n) is 4.87. The van der Waals surface area contributed by atoms with Gasteiger partial charge in [0.15, 0.2) is 0 Å². The van der Waals surface area contributed by atoms with E-state index in [0.717, 1.165) is 6.42 Å². The molecule has 0 saturated heterocycles. The van der Waals surface area contributed by atoms with E-state index in [-0.39, 0.29) is 0 Å². The van der Waals surface area contributed by atoms with Crippen LogP contribution in [0.25, 0.3) is 0 Å². The van der Waals surface area contributed by atoms with Gasteiger partial charge in [-0.2, -0.15) is 0 Å². The molecule has 2 unspecified atom stereocenters. The summed E-state index contributed by atoms with van der Waals surface area (Å²) >= 11 is 7.26. The van der Waals surface area contributed by atoms with Crippen molar-refractivity contribution >= 4 is 38.6 Å². The third kappa shape index (κ3) is 2.94. The van der Waals surface area contributed by atoms with Crippen molar-refractivity contribution in [2.75, 3.05) is 0 Å². The van der Waals surface area contributed by atoms with Crippen molar-refractivity contribution < 1.29 is 0 Å². The fourth-order valence-electron chi connectivity index (χ4n) is 2.71. The molecule has 2 heterocycles. The number of thiophene rings is 1. The molecular weight excluding hydrogens is 340 g/mol. The zero-order valence-electron chi connectivity index (χ0n) is 10.9. The summed E-state index contributed by atoms with van der Waals surface area (Å²) in [5.74, 6) is 0. The molecule has 2 nitrogen and oxygen atoms in total. The van der Waals surface area contributed by atoms with Gasteiger partial charge in [-0.1, -0.05) is 6.92 Å². The molecule has 2 atom stereocenters. The minimum atomic E-state index is 0.384. The Hall–Kier alpha value is -0.230. The predicted octanol–water partition coefficient (Wildman–Crippen LogP) is 5.09. The van der Waals surface area contributed by atoms with Crippen LogP contribution in [0.3, 0.4) is 0 Å². The third-order valence-electron chi connectivity index (χ3n) is 3.64. The van der Waals surface area contributed by atoms with Crippen LogP contribution in [0.5, 0.6) is 0 Å². The Morgan fingerprint density at radius 3 is 3.21 bits per heavy atom. The van der Waals surface area contributed by atoms with E-state index in [1.165, 1.54) is 33.6 Å². The van der Waals surface area contributed by atoms with Crippen LogP contribution in [0.15, 0.2) is 21.4 Å². The second kappa shape index (κ2) is 6.04. The summed E-state index contributed by atoms with van der Waals surface area (Å²) < 4.78 is 1.26. The van der Waals surface area contributed by atoms with Crippen LogP contribution in [0.2, 0.25) is 0 Å². The first-order valence-electron chi connectivity index (χ1n) is 6.71. The van der Waals surface area contributed by atoms with Crippen LogP contribution in [0.1, 0.15) is 53.7 Å². The predicted molar refractivity (Wildman–Crippen MR) is 86.0 cm³/mol. The molecule has 0 spiro atoms. The number of hydrogen-bond acceptors (Lipinski definition) is 4. The molecule has 2 aromatic rings. The van der Waals surface area contributed by atoms with Gasteiger partial charge in [0.05, 0.1) is 9.83 Å². The highest BCUT2D eigenvalue weighted by atomic mass is 79.9. The summed E-state index contributed by atoms with van der Waals surface area (Å²) in [6.07, 6.45) is 6.74. The summed E-state index contributed by atoms with van der Waals surface area (Å²) in [4.78, 5) is 6.01. The number of halogens is 1. The summed E-state index contributed by atoms with van der Waals surface area (Å²) in [7, 11) is 0. The van der Waals surface area contributed by atoms with Crippen LogP contribution in [0.4, 0.5) is 0 Å². The largest absolute Gasteiger partial charge is 0.301 e. The molecule has 0 fully saturated rings. The van der Waals surface area contributed by atoms with Crippen LogP contribution >= 0.6 is 38.6 Å². The van der Waals surface area contributed by atoms with E-state index in [1.54, 1.807) is 16.2 Å². The van der Waals surface area contributed by atoms with Crippen LogP contribution < -0.4 is 5.32 Å². The van der Waals surface area contributed by atoms with Crippen molar-refractivity contribution in [1.29, 1.82) is 0 Å². The van der Waals surface area contributed by atoms with Crippen LogP contribution in [0, 0.1) is 0 Å². The van der Waals surface area contributed by atoms with E-state index in [0.29, 0.717) is 12.1 Å². The number of nitrogens with one attached hydrogen (secondary N) is 1. The summed E-state index contributed by atoms with van der Waals surface area (Å²) in [6.45, 7) is 2.23. The Balaban J connectivity index is 1.80. The topological polar surface area (TPSA) is 24.9 Å². The fourth-order valence-corrected chi connectivity index (χ4v) is 5.31. The zero-order valence-corrected chi connectivity index (χ0v) is 14.1. The van der Waals surface area contributed by atoms with Gasteiger partial charge < -0.3 is 5.32 Å². The van der Waals surface area contributed by atoms with Gasteiger partial charge in [-0.25, -0.2) is 4.98 Å². The average molecular weight is 357 g/mol. The molecule has 1 N–H and O–H groups in total. The van der Waals surface area contributed by atoms with Gasteiger partial charge >= 0.3 is 0 Å². The van der Waals surface area contributed by atoms with Crippen molar-refractivity contribution in [1.82, 2.24) is 10.3 Å². The number of aryl methyl sites for hydroxylation is 1. The smallest absolute Gasteiger partial charge is 0.109 e. The quantitative estimate of drug-likeness (QED) is 0.825. The maximum atomic E-state index is 4.46. The second-order valence-corrected chi connectivity index (χ2v) is 8.31. The van der Waals surface area contributed by atoms with Gasteiger partial charge in [-0.3, -0.25) is 0 Å². The fraction of sp³-hybridized carbons (Fsp3) is 0.500. The van der Waals surface area contributed by atoms with E-state index in [4.69, 9.17) is 0 Å². The molecule has 19 heavy (non-hydrogen) atoms. The normalized spacial score (nSPS) is 20.2. The van der Waals surface area contributed by atoms with Gasteiger partial charge in [-0.05, 0) is 53.2 Å². The molecule has 0 bridgehead atoms. The molecule has 3 rings (SSSR count). The Kier molecular flexibility index (Phi) is 4.37. The lowest BCUT2D eigenvalue weighted by Crippen LogP contribution is -2.28. The lowest BCUT2D eigenvalue weighted by molar-refractivity contribution is 0.395. The number of fused-ring (bicyclic) bond motifs is 1. The minimum Gasteiger partial charge on any atom is -0.301 e. The summed E-state index contributed by atoms with van der Waals surface area (Å²) in [5, 5.41) is 7.09. The molecule has 0 amide bonds. The average Bonchev–Trinajstić information content (AvgIpc) is 3.03. The monoisotopic (exact) mass is 356 g/mol. The van der Waals surface area contributed by atoms with Gasteiger partial charge in [0.1, 0.15) is 5.01 Å². The van der Waals surface area contributed by atoms with Gasteiger partial charge in [0.2, 0.25) is 0 Å². The zero-order chi connectivity index (χ0) is 13.2. The SMILES string of the molecule is CCC(NC1CCCc2sc(Br)cc21)c1nccs1.